The van der Waals surface area contributed by atoms with Gasteiger partial charge in [-0.05, 0) is 43.9 Å². The van der Waals surface area contributed by atoms with Crippen molar-refractivity contribution in [3.8, 4) is 0 Å². The van der Waals surface area contributed by atoms with Gasteiger partial charge in [-0.15, -0.1) is 24.0 Å². The maximum absolute atomic E-state index is 12.3. The normalized spacial score (nSPS) is 15.4. The van der Waals surface area contributed by atoms with E-state index in [9.17, 15) is 13.2 Å². The van der Waals surface area contributed by atoms with E-state index in [0.29, 0.717) is 19.0 Å². The zero-order chi connectivity index (χ0) is 18.1. The van der Waals surface area contributed by atoms with E-state index < -0.39 is 12.6 Å². The average molecular weight is 485 g/mol. The number of piperidine rings is 1. The lowest BCUT2D eigenvalue weighted by atomic mass is 10.1. The molecule has 0 saturated carbocycles. The molecule has 0 aromatic carbocycles. The minimum Gasteiger partial charge on any atom is -0.357 e. The van der Waals surface area contributed by atoms with Crippen LogP contribution in [0.3, 0.4) is 0 Å². The van der Waals surface area contributed by atoms with E-state index in [-0.39, 0.29) is 30.5 Å². The van der Waals surface area contributed by atoms with Crippen LogP contribution in [0.4, 0.5) is 19.0 Å². The Hall–Kier alpha value is -1.26. The third-order valence-corrected chi connectivity index (χ3v) is 3.95. The molecule has 1 fully saturated rings. The lowest BCUT2D eigenvalue weighted by Crippen LogP contribution is -2.38. The molecule has 0 bridgehead atoms. The van der Waals surface area contributed by atoms with Gasteiger partial charge in [-0.1, -0.05) is 0 Å². The standard InChI is InChI=1S/C17H26F3N5.HI/c1-2-21-16(23-9-7-17(18,19)20)24-13-14-6-8-22-15(12-14)25-10-4-3-5-11-25;/h6,8,12H,2-5,7,9-11,13H2,1H3,(H2,21,23,24);1H. The van der Waals surface area contributed by atoms with E-state index in [0.717, 1.165) is 24.5 Å². The Kier molecular flexibility index (Phi) is 10.0. The van der Waals surface area contributed by atoms with Crippen molar-refractivity contribution in [2.75, 3.05) is 31.1 Å². The molecule has 1 aliphatic heterocycles. The largest absolute Gasteiger partial charge is 0.390 e. The van der Waals surface area contributed by atoms with Gasteiger partial charge in [-0.2, -0.15) is 13.2 Å². The Labute approximate surface area is 169 Å². The molecule has 1 saturated heterocycles. The minimum absolute atomic E-state index is 0. The lowest BCUT2D eigenvalue weighted by molar-refractivity contribution is -0.132. The fourth-order valence-corrected chi connectivity index (χ4v) is 2.69. The molecular formula is C17H27F3IN5. The van der Waals surface area contributed by atoms with Crippen LogP contribution in [0.5, 0.6) is 0 Å². The van der Waals surface area contributed by atoms with Crippen molar-refractivity contribution in [1.82, 2.24) is 15.6 Å². The zero-order valence-electron chi connectivity index (χ0n) is 15.0. The number of pyridine rings is 1. The van der Waals surface area contributed by atoms with Crippen LogP contribution in [0.2, 0.25) is 0 Å². The Morgan fingerprint density at radius 2 is 1.96 bits per heavy atom. The Morgan fingerprint density at radius 3 is 2.62 bits per heavy atom. The van der Waals surface area contributed by atoms with Gasteiger partial charge in [0.05, 0.1) is 13.0 Å². The van der Waals surface area contributed by atoms with E-state index in [1.165, 1.54) is 19.3 Å². The number of aliphatic imine (C=N–C) groups is 1. The molecule has 0 unspecified atom stereocenters. The monoisotopic (exact) mass is 485 g/mol. The van der Waals surface area contributed by atoms with Crippen molar-refractivity contribution < 1.29 is 13.2 Å². The summed E-state index contributed by atoms with van der Waals surface area (Å²) in [5.41, 5.74) is 0.989. The van der Waals surface area contributed by atoms with Crippen molar-refractivity contribution in [2.24, 2.45) is 4.99 Å². The summed E-state index contributed by atoms with van der Waals surface area (Å²) in [6.45, 7) is 4.70. The van der Waals surface area contributed by atoms with Gasteiger partial charge < -0.3 is 15.5 Å². The molecule has 26 heavy (non-hydrogen) atoms. The quantitative estimate of drug-likeness (QED) is 0.367. The van der Waals surface area contributed by atoms with Gasteiger partial charge in [0.15, 0.2) is 5.96 Å². The molecular weight excluding hydrogens is 458 g/mol. The number of hydrogen-bond donors (Lipinski definition) is 2. The first-order chi connectivity index (χ1) is 12.0. The maximum Gasteiger partial charge on any atom is 0.390 e. The van der Waals surface area contributed by atoms with Crippen LogP contribution in [-0.4, -0.2) is 43.3 Å². The van der Waals surface area contributed by atoms with Crippen molar-refractivity contribution in [3.05, 3.63) is 23.9 Å². The van der Waals surface area contributed by atoms with Crippen LogP contribution in [0, 0.1) is 0 Å². The van der Waals surface area contributed by atoms with Crippen LogP contribution in [-0.2, 0) is 6.54 Å². The molecule has 1 aromatic rings. The first-order valence-corrected chi connectivity index (χ1v) is 8.77. The molecule has 148 valence electrons. The molecule has 5 nitrogen and oxygen atoms in total. The van der Waals surface area contributed by atoms with Gasteiger partial charge in [0, 0.05) is 32.4 Å². The van der Waals surface area contributed by atoms with Gasteiger partial charge in [0.2, 0.25) is 0 Å². The molecule has 0 amide bonds. The summed E-state index contributed by atoms with van der Waals surface area (Å²) in [6, 6.07) is 3.89. The van der Waals surface area contributed by atoms with Crippen LogP contribution < -0.4 is 15.5 Å². The highest BCUT2D eigenvalue weighted by atomic mass is 127. The summed E-state index contributed by atoms with van der Waals surface area (Å²) in [7, 11) is 0. The van der Waals surface area contributed by atoms with Gasteiger partial charge in [0.25, 0.3) is 0 Å². The van der Waals surface area contributed by atoms with E-state index in [4.69, 9.17) is 0 Å². The summed E-state index contributed by atoms with van der Waals surface area (Å²) < 4.78 is 36.8. The summed E-state index contributed by atoms with van der Waals surface area (Å²) in [5.74, 6) is 1.34. The van der Waals surface area contributed by atoms with Crippen molar-refractivity contribution in [2.45, 2.75) is 45.3 Å². The molecule has 0 aliphatic carbocycles. The second-order valence-electron chi connectivity index (χ2n) is 6.06. The average Bonchev–Trinajstić information content (AvgIpc) is 2.60. The van der Waals surface area contributed by atoms with E-state index >= 15 is 0 Å². The molecule has 2 N–H and O–H groups in total. The van der Waals surface area contributed by atoms with Gasteiger partial charge in [-0.3, -0.25) is 0 Å². The number of aromatic nitrogens is 1. The molecule has 9 heteroatoms. The van der Waals surface area contributed by atoms with Crippen LogP contribution in [0.1, 0.15) is 38.2 Å². The maximum atomic E-state index is 12.3. The fraction of sp³-hybridized carbons (Fsp3) is 0.647. The second-order valence-corrected chi connectivity index (χ2v) is 6.06. The fourth-order valence-electron chi connectivity index (χ4n) is 2.69. The SMILES string of the molecule is CCNC(=NCc1ccnc(N2CCCCC2)c1)NCCC(F)(F)F.I. The highest BCUT2D eigenvalue weighted by molar-refractivity contribution is 14.0. The first kappa shape index (κ1) is 22.8. The number of rotatable bonds is 6. The second kappa shape index (κ2) is 11.5. The van der Waals surface area contributed by atoms with E-state index in [2.05, 4.69) is 25.5 Å². The number of nitrogens with zero attached hydrogens (tertiary/aromatic N) is 3. The number of anilines is 1. The van der Waals surface area contributed by atoms with Crippen molar-refractivity contribution in [1.29, 1.82) is 0 Å². The topological polar surface area (TPSA) is 52.6 Å². The Morgan fingerprint density at radius 1 is 1.23 bits per heavy atom. The number of halogens is 4. The molecule has 2 heterocycles. The molecule has 0 radical (unpaired) electrons. The Balaban J connectivity index is 0.00000338. The number of hydrogen-bond acceptors (Lipinski definition) is 3. The molecule has 2 rings (SSSR count). The summed E-state index contributed by atoms with van der Waals surface area (Å²) in [4.78, 5) is 11.1. The number of guanidine groups is 1. The molecule has 0 spiro atoms. The highest BCUT2D eigenvalue weighted by Gasteiger charge is 2.26. The third-order valence-electron chi connectivity index (χ3n) is 3.95. The lowest BCUT2D eigenvalue weighted by Gasteiger charge is -2.27. The molecule has 1 aromatic heterocycles. The Bertz CT molecular complexity index is 560. The van der Waals surface area contributed by atoms with Gasteiger partial charge in [-0.25, -0.2) is 9.98 Å². The third kappa shape index (κ3) is 8.41. The van der Waals surface area contributed by atoms with E-state index in [1.807, 2.05) is 19.1 Å². The summed E-state index contributed by atoms with van der Waals surface area (Å²) in [6.07, 6.45) is 0.328. The van der Waals surface area contributed by atoms with Crippen molar-refractivity contribution in [3.63, 3.8) is 0 Å². The van der Waals surface area contributed by atoms with Gasteiger partial charge >= 0.3 is 6.18 Å². The van der Waals surface area contributed by atoms with Crippen LogP contribution in [0.25, 0.3) is 0 Å². The first-order valence-electron chi connectivity index (χ1n) is 8.77. The minimum atomic E-state index is -4.17. The zero-order valence-corrected chi connectivity index (χ0v) is 17.3. The van der Waals surface area contributed by atoms with Crippen molar-refractivity contribution >= 4 is 35.8 Å². The number of alkyl halides is 3. The highest BCUT2D eigenvalue weighted by Crippen LogP contribution is 2.19. The summed E-state index contributed by atoms with van der Waals surface area (Å²) in [5, 5.41) is 5.68. The molecule has 1 aliphatic rings. The predicted octanol–water partition coefficient (Wildman–Crippen LogP) is 3.70. The van der Waals surface area contributed by atoms with Crippen LogP contribution in [0.15, 0.2) is 23.3 Å². The predicted molar refractivity (Wildman–Crippen MR) is 109 cm³/mol. The van der Waals surface area contributed by atoms with Gasteiger partial charge in [0.1, 0.15) is 5.82 Å². The van der Waals surface area contributed by atoms with Crippen LogP contribution >= 0.6 is 24.0 Å². The van der Waals surface area contributed by atoms with E-state index in [1.54, 1.807) is 6.20 Å². The number of nitrogens with one attached hydrogen (secondary N) is 2. The molecule has 0 atom stereocenters. The smallest absolute Gasteiger partial charge is 0.357 e. The summed E-state index contributed by atoms with van der Waals surface area (Å²) >= 11 is 0.